The second kappa shape index (κ2) is 4.32. The summed E-state index contributed by atoms with van der Waals surface area (Å²) in [6.45, 7) is 1.90. The first kappa shape index (κ1) is 13.1. The molecule has 1 aromatic rings. The van der Waals surface area contributed by atoms with Gasteiger partial charge in [0.15, 0.2) is 9.84 Å². The summed E-state index contributed by atoms with van der Waals surface area (Å²) in [6, 6.07) is 6.48. The molecule has 6 heteroatoms. The first-order chi connectivity index (χ1) is 9.43. The van der Waals surface area contributed by atoms with Crippen molar-refractivity contribution in [3.8, 4) is 6.07 Å². The lowest BCUT2D eigenvalue weighted by Crippen LogP contribution is -2.38. The molecule has 5 nitrogen and oxygen atoms in total. The quantitative estimate of drug-likeness (QED) is 0.778. The Labute approximate surface area is 117 Å². The van der Waals surface area contributed by atoms with Gasteiger partial charge in [0.1, 0.15) is 6.04 Å². The Bertz CT molecular complexity index is 733. The van der Waals surface area contributed by atoms with Crippen molar-refractivity contribution < 1.29 is 13.2 Å². The predicted octanol–water partition coefficient (Wildman–Crippen LogP) is 1.20. The van der Waals surface area contributed by atoms with Gasteiger partial charge in [-0.1, -0.05) is 17.7 Å². The molecule has 0 aliphatic carbocycles. The van der Waals surface area contributed by atoms with Gasteiger partial charge in [-0.25, -0.2) is 8.42 Å². The summed E-state index contributed by atoms with van der Waals surface area (Å²) in [7, 11) is -3.09. The van der Waals surface area contributed by atoms with Crippen molar-refractivity contribution in [2.45, 2.75) is 25.4 Å². The van der Waals surface area contributed by atoms with Gasteiger partial charge in [0.2, 0.25) is 0 Å². The highest BCUT2D eigenvalue weighted by atomic mass is 32.2. The van der Waals surface area contributed by atoms with Gasteiger partial charge in [-0.05, 0) is 19.4 Å². The van der Waals surface area contributed by atoms with Crippen LogP contribution >= 0.6 is 0 Å². The van der Waals surface area contributed by atoms with Gasteiger partial charge < -0.3 is 4.90 Å². The van der Waals surface area contributed by atoms with E-state index in [0.29, 0.717) is 17.5 Å². The van der Waals surface area contributed by atoms with Crippen LogP contribution < -0.4 is 0 Å². The summed E-state index contributed by atoms with van der Waals surface area (Å²) in [4.78, 5) is 13.9. The molecule has 2 aliphatic heterocycles. The van der Waals surface area contributed by atoms with Gasteiger partial charge in [0.05, 0.1) is 17.6 Å². The Morgan fingerprint density at radius 3 is 2.75 bits per heavy atom. The van der Waals surface area contributed by atoms with E-state index < -0.39 is 15.9 Å². The number of fused-ring (bicyclic) bond motifs is 1. The maximum absolute atomic E-state index is 12.5. The molecule has 20 heavy (non-hydrogen) atoms. The lowest BCUT2D eigenvalue weighted by Gasteiger charge is -2.26. The van der Waals surface area contributed by atoms with Crippen molar-refractivity contribution in [3.63, 3.8) is 0 Å². The Kier molecular flexibility index (Phi) is 2.83. The van der Waals surface area contributed by atoms with Crippen molar-refractivity contribution >= 4 is 15.7 Å². The summed E-state index contributed by atoms with van der Waals surface area (Å²) in [6.07, 6.45) is 0.416. The maximum atomic E-state index is 12.5. The molecule has 0 bridgehead atoms. The minimum Gasteiger partial charge on any atom is -0.314 e. The van der Waals surface area contributed by atoms with Crippen molar-refractivity contribution in [2.24, 2.45) is 0 Å². The zero-order valence-corrected chi connectivity index (χ0v) is 11.9. The summed E-state index contributed by atoms with van der Waals surface area (Å²) in [5.74, 6) is -0.174. The fourth-order valence-electron chi connectivity index (χ4n) is 3.01. The zero-order chi connectivity index (χ0) is 14.5. The molecule has 0 aromatic heterocycles. The lowest BCUT2D eigenvalue weighted by molar-refractivity contribution is 0.0694. The van der Waals surface area contributed by atoms with E-state index in [1.165, 1.54) is 4.90 Å². The standard InChI is InChI=1S/C14H14N2O3S/c1-9-2-3-11-12(6-9)13(7-15)16(14(11)17)10-4-5-20(18,19)8-10/h2-3,6,10,13H,4-5,8H2,1H3. The smallest absolute Gasteiger partial charge is 0.255 e. The highest BCUT2D eigenvalue weighted by molar-refractivity contribution is 7.91. The number of carbonyl (C=O) groups is 1. The number of hydrogen-bond donors (Lipinski definition) is 0. The number of hydrogen-bond acceptors (Lipinski definition) is 4. The van der Waals surface area contributed by atoms with Crippen molar-refractivity contribution in [1.82, 2.24) is 4.90 Å². The Balaban J connectivity index is 2.03. The number of nitriles is 1. The third kappa shape index (κ3) is 1.90. The van der Waals surface area contributed by atoms with Gasteiger partial charge in [-0.3, -0.25) is 4.79 Å². The molecule has 2 atom stereocenters. The van der Waals surface area contributed by atoms with Crippen LogP contribution in [-0.2, 0) is 9.84 Å². The van der Waals surface area contributed by atoms with Crippen LogP contribution in [-0.4, -0.2) is 36.8 Å². The number of benzene rings is 1. The molecule has 1 amide bonds. The van der Waals surface area contributed by atoms with Gasteiger partial charge in [-0.15, -0.1) is 0 Å². The maximum Gasteiger partial charge on any atom is 0.255 e. The van der Waals surface area contributed by atoms with Crippen LogP contribution in [0.2, 0.25) is 0 Å². The average molecular weight is 290 g/mol. The second-order valence-electron chi connectivity index (χ2n) is 5.39. The summed E-state index contributed by atoms with van der Waals surface area (Å²) in [5.41, 5.74) is 2.20. The number of rotatable bonds is 1. The second-order valence-corrected chi connectivity index (χ2v) is 7.62. The van der Waals surface area contributed by atoms with Gasteiger partial charge in [0.25, 0.3) is 5.91 Å². The summed E-state index contributed by atoms with van der Waals surface area (Å²) >= 11 is 0. The molecule has 1 fully saturated rings. The Hall–Kier alpha value is -1.87. The van der Waals surface area contributed by atoms with E-state index >= 15 is 0 Å². The fourth-order valence-corrected chi connectivity index (χ4v) is 4.72. The average Bonchev–Trinajstić information content (AvgIpc) is 2.87. The lowest BCUT2D eigenvalue weighted by atomic mass is 10.0. The van der Waals surface area contributed by atoms with Crippen LogP contribution in [0.25, 0.3) is 0 Å². The SMILES string of the molecule is Cc1ccc2c(c1)C(C#N)N(C1CCS(=O)(=O)C1)C2=O. The molecule has 2 unspecified atom stereocenters. The minimum absolute atomic E-state index is 0.0378. The van der Waals surface area contributed by atoms with Crippen LogP contribution in [0.15, 0.2) is 18.2 Å². The topological polar surface area (TPSA) is 78.2 Å². The van der Waals surface area contributed by atoms with Gasteiger partial charge in [0, 0.05) is 17.2 Å². The highest BCUT2D eigenvalue weighted by Gasteiger charge is 2.44. The highest BCUT2D eigenvalue weighted by Crippen LogP contribution is 2.37. The van der Waals surface area contributed by atoms with E-state index in [0.717, 1.165) is 5.56 Å². The molecule has 0 spiro atoms. The largest absolute Gasteiger partial charge is 0.314 e. The van der Waals surface area contributed by atoms with Crippen LogP contribution in [0, 0.1) is 18.3 Å². The number of nitrogens with zero attached hydrogens (tertiary/aromatic N) is 2. The minimum atomic E-state index is -3.09. The first-order valence-corrected chi connectivity index (χ1v) is 8.28. The predicted molar refractivity (Wildman–Crippen MR) is 72.8 cm³/mol. The molecular formula is C14H14N2O3S. The van der Waals surface area contributed by atoms with Crippen molar-refractivity contribution in [3.05, 3.63) is 34.9 Å². The van der Waals surface area contributed by atoms with Crippen molar-refractivity contribution in [2.75, 3.05) is 11.5 Å². The number of aryl methyl sites for hydroxylation is 1. The van der Waals surface area contributed by atoms with Crippen molar-refractivity contribution in [1.29, 1.82) is 5.26 Å². The molecule has 3 rings (SSSR count). The zero-order valence-electron chi connectivity index (χ0n) is 11.0. The van der Waals surface area contributed by atoms with E-state index in [9.17, 15) is 18.5 Å². The molecule has 2 heterocycles. The molecule has 1 saturated heterocycles. The molecular weight excluding hydrogens is 276 g/mol. The number of sulfone groups is 1. The first-order valence-electron chi connectivity index (χ1n) is 6.46. The van der Waals surface area contributed by atoms with Gasteiger partial charge in [-0.2, -0.15) is 5.26 Å². The normalized spacial score (nSPS) is 27.4. The van der Waals surface area contributed by atoms with E-state index in [1.54, 1.807) is 6.07 Å². The molecule has 0 radical (unpaired) electrons. The summed E-state index contributed by atoms with van der Waals surface area (Å²) in [5, 5.41) is 9.39. The third-order valence-electron chi connectivity index (χ3n) is 3.97. The Morgan fingerprint density at radius 1 is 1.40 bits per heavy atom. The van der Waals surface area contributed by atoms with Crippen LogP contribution in [0.1, 0.15) is 33.9 Å². The number of amides is 1. The fraction of sp³-hybridized carbons (Fsp3) is 0.429. The van der Waals surface area contributed by atoms with E-state index in [1.807, 2.05) is 19.1 Å². The summed E-state index contributed by atoms with van der Waals surface area (Å²) < 4.78 is 23.2. The molecule has 0 saturated carbocycles. The van der Waals surface area contributed by atoms with Gasteiger partial charge >= 0.3 is 0 Å². The van der Waals surface area contributed by atoms with Crippen LogP contribution in [0.3, 0.4) is 0 Å². The molecule has 1 aromatic carbocycles. The number of carbonyl (C=O) groups excluding carboxylic acids is 1. The monoisotopic (exact) mass is 290 g/mol. The van der Waals surface area contributed by atoms with E-state index in [-0.39, 0.29) is 23.5 Å². The third-order valence-corrected chi connectivity index (χ3v) is 5.72. The van der Waals surface area contributed by atoms with Crippen LogP contribution in [0.4, 0.5) is 0 Å². The van der Waals surface area contributed by atoms with E-state index in [2.05, 4.69) is 6.07 Å². The van der Waals surface area contributed by atoms with E-state index in [4.69, 9.17) is 0 Å². The molecule has 104 valence electrons. The van der Waals surface area contributed by atoms with Crippen LogP contribution in [0.5, 0.6) is 0 Å². The Morgan fingerprint density at radius 2 is 2.15 bits per heavy atom. The molecule has 2 aliphatic rings. The molecule has 0 N–H and O–H groups in total.